The molecule has 0 saturated carbocycles. The Balaban J connectivity index is 1.03. The fourth-order valence-electron chi connectivity index (χ4n) is 6.47. The molecule has 1 N–H and O–H groups in total. The molecule has 1 heterocycles. The van der Waals surface area contributed by atoms with Crippen LogP contribution in [0, 0.1) is 0 Å². The summed E-state index contributed by atoms with van der Waals surface area (Å²) in [5.41, 5.74) is 5.91. The van der Waals surface area contributed by atoms with Gasteiger partial charge in [-0.2, -0.15) is 0 Å². The largest absolute Gasteiger partial charge is 0.492 e. The smallest absolute Gasteiger partial charge is 0.232 e. The van der Waals surface area contributed by atoms with E-state index >= 15 is 0 Å². The van der Waals surface area contributed by atoms with E-state index in [4.69, 9.17) is 9.47 Å². The molecule has 8 nitrogen and oxygen atoms in total. The van der Waals surface area contributed by atoms with E-state index in [1.165, 1.54) is 26.2 Å². The number of Topliss-reactive ketones (excluding diaryl/α,β-unsaturated/α-hetero) is 1. The molecule has 0 aliphatic carbocycles. The second-order valence-corrected chi connectivity index (χ2v) is 14.8. The first-order chi connectivity index (χ1) is 25.8. The number of carbonyl (C=O) groups excluding carboxylic acids is 1. The lowest BCUT2D eigenvalue weighted by molar-refractivity contribution is 0.0990. The summed E-state index contributed by atoms with van der Waals surface area (Å²) in [6, 6.07) is 48.9. The maximum absolute atomic E-state index is 13.5. The van der Waals surface area contributed by atoms with Gasteiger partial charge in [0.1, 0.15) is 24.7 Å². The van der Waals surface area contributed by atoms with Gasteiger partial charge in [0.25, 0.3) is 0 Å². The average Bonchev–Trinajstić information content (AvgIpc) is 3.49. The van der Waals surface area contributed by atoms with E-state index in [1.807, 2.05) is 72.8 Å². The lowest BCUT2D eigenvalue weighted by atomic mass is 10.1. The third kappa shape index (κ3) is 8.60. The van der Waals surface area contributed by atoms with Crippen molar-refractivity contribution in [3.05, 3.63) is 174 Å². The van der Waals surface area contributed by atoms with Crippen molar-refractivity contribution in [3.63, 3.8) is 0 Å². The Hall–Kier alpha value is -5.90. The van der Waals surface area contributed by atoms with E-state index in [9.17, 15) is 13.2 Å². The molecule has 7 rings (SSSR count). The Bertz CT molecular complexity index is 2430. The van der Waals surface area contributed by atoms with Crippen LogP contribution in [0.25, 0.3) is 21.8 Å². The van der Waals surface area contributed by atoms with Crippen LogP contribution in [0.15, 0.2) is 152 Å². The van der Waals surface area contributed by atoms with Crippen molar-refractivity contribution in [1.82, 2.24) is 9.88 Å². The molecule has 0 aliphatic heterocycles. The van der Waals surface area contributed by atoms with Gasteiger partial charge in [-0.1, -0.05) is 109 Å². The number of ketones is 1. The van der Waals surface area contributed by atoms with Crippen LogP contribution in [0.2, 0.25) is 0 Å². The van der Waals surface area contributed by atoms with Gasteiger partial charge in [-0.15, -0.1) is 0 Å². The maximum Gasteiger partial charge on any atom is 0.232 e. The third-order valence-corrected chi connectivity index (χ3v) is 10.2. The number of fused-ring (bicyclic) bond motifs is 3. The van der Waals surface area contributed by atoms with Gasteiger partial charge in [-0.3, -0.25) is 9.10 Å². The Labute approximate surface area is 310 Å². The molecule has 0 aliphatic rings. The van der Waals surface area contributed by atoms with Crippen LogP contribution in [-0.2, 0) is 29.7 Å². The lowest BCUT2D eigenvalue weighted by Crippen LogP contribution is -2.30. The molecule has 9 heteroatoms. The van der Waals surface area contributed by atoms with E-state index in [-0.39, 0.29) is 25.5 Å². The highest BCUT2D eigenvalue weighted by atomic mass is 32.2. The first kappa shape index (κ1) is 35.5. The number of anilines is 1. The number of hydrogen-bond acceptors (Lipinski definition) is 6. The molecule has 6 aromatic carbocycles. The van der Waals surface area contributed by atoms with Gasteiger partial charge < -0.3 is 19.4 Å². The summed E-state index contributed by atoms with van der Waals surface area (Å²) >= 11 is 0. The molecule has 0 radical (unpaired) electrons. The molecule has 0 atom stereocenters. The molecule has 0 amide bonds. The highest BCUT2D eigenvalue weighted by molar-refractivity contribution is 7.92. The van der Waals surface area contributed by atoms with Crippen LogP contribution in [0.3, 0.4) is 0 Å². The highest BCUT2D eigenvalue weighted by Crippen LogP contribution is 2.34. The zero-order valence-electron chi connectivity index (χ0n) is 29.5. The van der Waals surface area contributed by atoms with Crippen LogP contribution in [0.5, 0.6) is 11.5 Å². The molecule has 0 saturated heterocycles. The Morgan fingerprint density at radius 3 is 2.04 bits per heavy atom. The SMILES string of the molecule is CS(=O)(=O)N(Cc1ccccc1)c1cc(C(=O)CNCCOc2ccc3c4ccccc4n(Cc4ccccc4)c3c2)ccc1OCc1ccccc1. The second kappa shape index (κ2) is 16.2. The first-order valence-corrected chi connectivity index (χ1v) is 19.4. The lowest BCUT2D eigenvalue weighted by Gasteiger charge is -2.25. The normalized spacial score (nSPS) is 11.5. The van der Waals surface area contributed by atoms with Crippen LogP contribution in [-0.4, -0.2) is 44.7 Å². The summed E-state index contributed by atoms with van der Waals surface area (Å²) in [5, 5.41) is 5.56. The first-order valence-electron chi connectivity index (χ1n) is 17.6. The zero-order valence-corrected chi connectivity index (χ0v) is 30.3. The number of rotatable bonds is 16. The van der Waals surface area contributed by atoms with E-state index in [0.29, 0.717) is 30.2 Å². The molecule has 1 aromatic heterocycles. The average molecular weight is 724 g/mol. The molecular weight excluding hydrogens is 683 g/mol. The van der Waals surface area contributed by atoms with Gasteiger partial charge in [-0.05, 0) is 53.1 Å². The molecule has 0 fully saturated rings. The number of carbonyl (C=O) groups is 1. The van der Waals surface area contributed by atoms with E-state index in [2.05, 4.69) is 70.5 Å². The van der Waals surface area contributed by atoms with Gasteiger partial charge in [0.05, 0.1) is 30.5 Å². The van der Waals surface area contributed by atoms with Crippen molar-refractivity contribution in [1.29, 1.82) is 0 Å². The summed E-state index contributed by atoms with van der Waals surface area (Å²) in [4.78, 5) is 13.5. The van der Waals surface area contributed by atoms with Crippen molar-refractivity contribution in [2.75, 3.05) is 30.3 Å². The number of hydrogen-bond donors (Lipinski definition) is 1. The maximum atomic E-state index is 13.5. The van der Waals surface area contributed by atoms with E-state index in [0.717, 1.165) is 35.2 Å². The predicted octanol–water partition coefficient (Wildman–Crippen LogP) is 8.24. The number of aromatic nitrogens is 1. The van der Waals surface area contributed by atoms with Crippen molar-refractivity contribution >= 4 is 43.3 Å². The van der Waals surface area contributed by atoms with Crippen molar-refractivity contribution in [2.45, 2.75) is 19.7 Å². The summed E-state index contributed by atoms with van der Waals surface area (Å²) in [7, 11) is -3.75. The van der Waals surface area contributed by atoms with Crippen LogP contribution >= 0.6 is 0 Å². The fourth-order valence-corrected chi connectivity index (χ4v) is 7.36. The van der Waals surface area contributed by atoms with E-state index in [1.54, 1.807) is 18.2 Å². The highest BCUT2D eigenvalue weighted by Gasteiger charge is 2.24. The predicted molar refractivity (Wildman–Crippen MR) is 212 cm³/mol. The van der Waals surface area contributed by atoms with Crippen molar-refractivity contribution < 1.29 is 22.7 Å². The minimum absolute atomic E-state index is 0.0505. The van der Waals surface area contributed by atoms with Gasteiger partial charge >= 0.3 is 0 Å². The molecule has 0 spiro atoms. The summed E-state index contributed by atoms with van der Waals surface area (Å²) in [6.45, 7) is 1.92. The number of sulfonamides is 1. The second-order valence-electron chi connectivity index (χ2n) is 12.9. The molecule has 0 unspecified atom stereocenters. The number of ether oxygens (including phenoxy) is 2. The summed E-state index contributed by atoms with van der Waals surface area (Å²) in [5.74, 6) is 0.937. The van der Waals surface area contributed by atoms with Crippen LogP contribution in [0.1, 0.15) is 27.0 Å². The molecule has 7 aromatic rings. The molecule has 268 valence electrons. The molecular formula is C44H41N3O5S. The van der Waals surface area contributed by atoms with Crippen molar-refractivity contribution in [3.8, 4) is 11.5 Å². The van der Waals surface area contributed by atoms with Crippen molar-refractivity contribution in [2.24, 2.45) is 0 Å². The molecule has 0 bridgehead atoms. The Kier molecular flexibility index (Phi) is 10.8. The molecule has 53 heavy (non-hydrogen) atoms. The Morgan fingerprint density at radius 1 is 0.679 bits per heavy atom. The Morgan fingerprint density at radius 2 is 1.32 bits per heavy atom. The fraction of sp³-hybridized carbons (Fsp3) is 0.159. The third-order valence-electron chi connectivity index (χ3n) is 9.12. The van der Waals surface area contributed by atoms with Gasteiger partial charge in [0.2, 0.25) is 10.0 Å². The number of para-hydroxylation sites is 1. The number of benzene rings is 6. The number of nitrogens with one attached hydrogen (secondary N) is 1. The summed E-state index contributed by atoms with van der Waals surface area (Å²) < 4.78 is 42.3. The van der Waals surface area contributed by atoms with Gasteiger partial charge in [0.15, 0.2) is 5.78 Å². The van der Waals surface area contributed by atoms with Crippen LogP contribution < -0.4 is 19.1 Å². The topological polar surface area (TPSA) is 89.9 Å². The summed E-state index contributed by atoms with van der Waals surface area (Å²) in [6.07, 6.45) is 1.16. The van der Waals surface area contributed by atoms with Gasteiger partial charge in [0, 0.05) is 41.0 Å². The minimum Gasteiger partial charge on any atom is -0.492 e. The van der Waals surface area contributed by atoms with Crippen LogP contribution in [0.4, 0.5) is 5.69 Å². The standard InChI is InChI=1S/C44H41N3O5S/c1-53(49,50)47(31-34-15-7-3-8-16-34)42-27-36(21-24-44(42)52-32-35-17-9-4-10-18-35)43(48)29-45-25-26-51-37-22-23-39-38-19-11-12-20-40(38)46(41(39)28-37)30-33-13-5-2-6-14-33/h2-24,27-28,45H,25-26,29-32H2,1H3. The van der Waals surface area contributed by atoms with E-state index < -0.39 is 10.0 Å². The van der Waals surface area contributed by atoms with Gasteiger partial charge in [-0.25, -0.2) is 8.42 Å². The quantitative estimate of drug-likeness (QED) is 0.0799. The number of nitrogens with zero attached hydrogens (tertiary/aromatic N) is 2. The monoisotopic (exact) mass is 723 g/mol. The zero-order chi connectivity index (χ0) is 36.6. The minimum atomic E-state index is -3.75.